The third-order valence-electron chi connectivity index (χ3n) is 4.09. The quantitative estimate of drug-likeness (QED) is 0.422. The highest BCUT2D eigenvalue weighted by Gasteiger charge is 2.18. The van der Waals surface area contributed by atoms with E-state index in [0.717, 1.165) is 0 Å². The topological polar surface area (TPSA) is 105 Å². The van der Waals surface area contributed by atoms with Crippen LogP contribution in [0.5, 0.6) is 23.0 Å². The predicted octanol–water partition coefficient (Wildman–Crippen LogP) is 4.50. The number of nitrogens with one attached hydrogen (secondary N) is 1. The molecule has 9 nitrogen and oxygen atoms in total. The van der Waals surface area contributed by atoms with Gasteiger partial charge in [-0.1, -0.05) is 0 Å². The van der Waals surface area contributed by atoms with Crippen LogP contribution in [0.15, 0.2) is 35.7 Å². The van der Waals surface area contributed by atoms with E-state index in [0.29, 0.717) is 39.3 Å². The molecule has 0 fully saturated rings. The standard InChI is InChI=1S/C19H19N3O6S/c1-25-15-6-5-11(7-14(15)22(23)24)13-10-29-19(21-13)20-12-8-16(26-2)18(28-4)17(9-12)27-3/h5-10H,1-4H3,(H,20,21). The number of anilines is 2. The molecule has 0 radical (unpaired) electrons. The number of ether oxygens (including phenoxy) is 4. The molecule has 0 spiro atoms. The molecule has 0 bridgehead atoms. The van der Waals surface area contributed by atoms with E-state index >= 15 is 0 Å². The first-order chi connectivity index (χ1) is 14.0. The van der Waals surface area contributed by atoms with Crippen LogP contribution in [-0.4, -0.2) is 38.3 Å². The second-order valence-corrected chi connectivity index (χ2v) is 6.58. The number of methoxy groups -OCH3 is 4. The number of aromatic nitrogens is 1. The van der Waals surface area contributed by atoms with Gasteiger partial charge in [-0.25, -0.2) is 4.98 Å². The Hall–Kier alpha value is -3.53. The van der Waals surface area contributed by atoms with Crippen molar-refractivity contribution in [2.24, 2.45) is 0 Å². The highest BCUT2D eigenvalue weighted by atomic mass is 32.1. The van der Waals surface area contributed by atoms with Gasteiger partial charge < -0.3 is 24.3 Å². The van der Waals surface area contributed by atoms with Crippen molar-refractivity contribution < 1.29 is 23.9 Å². The summed E-state index contributed by atoms with van der Waals surface area (Å²) in [6.07, 6.45) is 0. The smallest absolute Gasteiger partial charge is 0.311 e. The summed E-state index contributed by atoms with van der Waals surface area (Å²) in [5.41, 5.74) is 1.81. The molecule has 2 aromatic carbocycles. The number of nitrogens with zero attached hydrogens (tertiary/aromatic N) is 2. The molecule has 0 aliphatic carbocycles. The number of benzene rings is 2. The summed E-state index contributed by atoms with van der Waals surface area (Å²) < 4.78 is 21.1. The Bertz CT molecular complexity index is 1010. The summed E-state index contributed by atoms with van der Waals surface area (Å²) in [5.74, 6) is 1.71. The van der Waals surface area contributed by atoms with Gasteiger partial charge in [0.2, 0.25) is 5.75 Å². The fourth-order valence-electron chi connectivity index (χ4n) is 2.73. The first-order valence-corrected chi connectivity index (χ1v) is 9.24. The van der Waals surface area contributed by atoms with Gasteiger partial charge in [0.15, 0.2) is 22.4 Å². The Balaban J connectivity index is 1.90. The van der Waals surface area contributed by atoms with Crippen LogP contribution in [0.25, 0.3) is 11.3 Å². The van der Waals surface area contributed by atoms with Crippen molar-refractivity contribution in [1.82, 2.24) is 4.98 Å². The molecular weight excluding hydrogens is 398 g/mol. The maximum absolute atomic E-state index is 11.2. The predicted molar refractivity (Wildman–Crippen MR) is 110 cm³/mol. The monoisotopic (exact) mass is 417 g/mol. The highest BCUT2D eigenvalue weighted by molar-refractivity contribution is 7.14. The zero-order valence-electron chi connectivity index (χ0n) is 16.2. The summed E-state index contributed by atoms with van der Waals surface area (Å²) >= 11 is 1.36. The second-order valence-electron chi connectivity index (χ2n) is 5.72. The van der Waals surface area contributed by atoms with Crippen LogP contribution in [0.4, 0.5) is 16.5 Å². The molecule has 1 heterocycles. The number of thiazole rings is 1. The molecule has 0 aliphatic heterocycles. The van der Waals surface area contributed by atoms with Crippen molar-refractivity contribution in [3.8, 4) is 34.3 Å². The van der Waals surface area contributed by atoms with Crippen LogP contribution >= 0.6 is 11.3 Å². The summed E-state index contributed by atoms with van der Waals surface area (Å²) in [5, 5.41) is 16.8. The molecule has 1 aromatic heterocycles. The van der Waals surface area contributed by atoms with Gasteiger partial charge >= 0.3 is 5.69 Å². The highest BCUT2D eigenvalue weighted by Crippen LogP contribution is 2.41. The maximum atomic E-state index is 11.2. The van der Waals surface area contributed by atoms with Gasteiger partial charge in [-0.05, 0) is 12.1 Å². The third-order valence-corrected chi connectivity index (χ3v) is 4.85. The van der Waals surface area contributed by atoms with E-state index in [4.69, 9.17) is 18.9 Å². The maximum Gasteiger partial charge on any atom is 0.311 e. The van der Waals surface area contributed by atoms with Crippen LogP contribution in [0, 0.1) is 10.1 Å². The lowest BCUT2D eigenvalue weighted by Gasteiger charge is -2.14. The van der Waals surface area contributed by atoms with Crippen LogP contribution < -0.4 is 24.3 Å². The number of nitro groups is 1. The molecule has 3 aromatic rings. The van der Waals surface area contributed by atoms with Crippen LogP contribution in [0.3, 0.4) is 0 Å². The molecule has 0 amide bonds. The molecular formula is C19H19N3O6S. The van der Waals surface area contributed by atoms with Gasteiger partial charge in [-0.2, -0.15) is 0 Å². The van der Waals surface area contributed by atoms with Crippen molar-refractivity contribution >= 4 is 27.8 Å². The van der Waals surface area contributed by atoms with Crippen LogP contribution in [0.2, 0.25) is 0 Å². The van der Waals surface area contributed by atoms with Crippen molar-refractivity contribution in [3.05, 3.63) is 45.8 Å². The van der Waals surface area contributed by atoms with Crippen molar-refractivity contribution in [2.45, 2.75) is 0 Å². The molecule has 3 rings (SSSR count). The Morgan fingerprint density at radius 1 is 0.966 bits per heavy atom. The average molecular weight is 417 g/mol. The Morgan fingerprint density at radius 2 is 1.62 bits per heavy atom. The minimum Gasteiger partial charge on any atom is -0.493 e. The van der Waals surface area contributed by atoms with Gasteiger partial charge in [-0.15, -0.1) is 11.3 Å². The minimum absolute atomic E-state index is 0.114. The fourth-order valence-corrected chi connectivity index (χ4v) is 3.47. The van der Waals surface area contributed by atoms with Gasteiger partial charge in [0.1, 0.15) is 0 Å². The lowest BCUT2D eigenvalue weighted by molar-refractivity contribution is -0.385. The van der Waals surface area contributed by atoms with E-state index in [-0.39, 0.29) is 11.4 Å². The summed E-state index contributed by atoms with van der Waals surface area (Å²) in [4.78, 5) is 15.3. The Kier molecular flexibility index (Phi) is 6.03. The first kappa shape index (κ1) is 20.2. The zero-order valence-corrected chi connectivity index (χ0v) is 17.0. The molecule has 0 aliphatic rings. The van der Waals surface area contributed by atoms with E-state index in [1.165, 1.54) is 31.6 Å². The normalized spacial score (nSPS) is 10.3. The second kappa shape index (κ2) is 8.65. The Labute approximate surface area is 171 Å². The molecule has 29 heavy (non-hydrogen) atoms. The van der Waals surface area contributed by atoms with Crippen molar-refractivity contribution in [3.63, 3.8) is 0 Å². The summed E-state index contributed by atoms with van der Waals surface area (Å²) in [6, 6.07) is 8.25. The largest absolute Gasteiger partial charge is 0.493 e. The van der Waals surface area contributed by atoms with E-state index < -0.39 is 4.92 Å². The van der Waals surface area contributed by atoms with E-state index in [1.807, 2.05) is 5.38 Å². The lowest BCUT2D eigenvalue weighted by Crippen LogP contribution is -1.97. The van der Waals surface area contributed by atoms with Gasteiger partial charge in [0.05, 0.1) is 39.1 Å². The molecule has 0 unspecified atom stereocenters. The average Bonchev–Trinajstić information content (AvgIpc) is 3.20. The van der Waals surface area contributed by atoms with E-state index in [9.17, 15) is 10.1 Å². The lowest BCUT2D eigenvalue weighted by atomic mass is 10.1. The SMILES string of the molecule is COc1ccc(-c2csc(Nc3cc(OC)c(OC)c(OC)c3)n2)cc1[N+](=O)[O-]. The third kappa shape index (κ3) is 4.16. The van der Waals surface area contributed by atoms with Gasteiger partial charge in [0.25, 0.3) is 0 Å². The fraction of sp³-hybridized carbons (Fsp3) is 0.211. The van der Waals surface area contributed by atoms with Gasteiger partial charge in [0, 0.05) is 34.8 Å². The van der Waals surface area contributed by atoms with Crippen LogP contribution in [0.1, 0.15) is 0 Å². The molecule has 10 heteroatoms. The number of hydrogen-bond donors (Lipinski definition) is 1. The Morgan fingerprint density at radius 3 is 2.17 bits per heavy atom. The molecule has 0 saturated carbocycles. The molecule has 1 N–H and O–H groups in total. The van der Waals surface area contributed by atoms with Crippen LogP contribution in [-0.2, 0) is 0 Å². The van der Waals surface area contributed by atoms with E-state index in [1.54, 1.807) is 38.5 Å². The summed E-state index contributed by atoms with van der Waals surface area (Å²) in [7, 11) is 6.01. The number of rotatable bonds is 8. The number of hydrogen-bond acceptors (Lipinski definition) is 9. The minimum atomic E-state index is -0.482. The zero-order chi connectivity index (χ0) is 21.0. The molecule has 0 saturated heterocycles. The summed E-state index contributed by atoms with van der Waals surface area (Å²) in [6.45, 7) is 0. The van der Waals surface area contributed by atoms with Crippen molar-refractivity contribution in [2.75, 3.05) is 33.8 Å². The number of nitro benzene ring substituents is 1. The molecule has 152 valence electrons. The molecule has 0 atom stereocenters. The van der Waals surface area contributed by atoms with E-state index in [2.05, 4.69) is 10.3 Å². The van der Waals surface area contributed by atoms with Gasteiger partial charge in [-0.3, -0.25) is 10.1 Å². The van der Waals surface area contributed by atoms with Crippen molar-refractivity contribution in [1.29, 1.82) is 0 Å². The first-order valence-electron chi connectivity index (χ1n) is 8.36.